The van der Waals surface area contributed by atoms with Crippen molar-refractivity contribution in [2.75, 3.05) is 7.11 Å². The van der Waals surface area contributed by atoms with Crippen molar-refractivity contribution in [2.45, 2.75) is 31.4 Å². The van der Waals surface area contributed by atoms with Crippen LogP contribution in [0, 0.1) is 0 Å². The third kappa shape index (κ3) is 1.33. The molecule has 1 fully saturated rings. The van der Waals surface area contributed by atoms with Gasteiger partial charge in [0.1, 0.15) is 0 Å². The number of halogens is 1. The first kappa shape index (κ1) is 9.16. The number of methoxy groups -OCH3 is 1. The molecule has 0 bridgehead atoms. The Balaban J connectivity index is 2.79. The molecule has 4 heteroatoms. The van der Waals surface area contributed by atoms with Crippen molar-refractivity contribution in [3.63, 3.8) is 0 Å². The number of rotatable bonds is 1. The monoisotopic (exact) mass is 174 g/mol. The fourth-order valence-electron chi connectivity index (χ4n) is 1.37. The molecule has 0 aliphatic heterocycles. The summed E-state index contributed by atoms with van der Waals surface area (Å²) in [5.41, 5.74) is -2.35. The van der Waals surface area contributed by atoms with E-state index < -0.39 is 17.4 Å². The summed E-state index contributed by atoms with van der Waals surface area (Å²) in [6, 6.07) is 0. The Morgan fingerprint density at radius 3 is 2.75 bits per heavy atom. The summed E-state index contributed by atoms with van der Waals surface area (Å²) in [5.74, 6) is -1.69. The van der Waals surface area contributed by atoms with Gasteiger partial charge < -0.3 is 4.74 Å². The van der Waals surface area contributed by atoms with Crippen molar-refractivity contribution in [3.05, 3.63) is 0 Å². The molecule has 3 nitrogen and oxygen atoms in total. The van der Waals surface area contributed by atoms with Crippen LogP contribution in [0.5, 0.6) is 0 Å². The second kappa shape index (κ2) is 3.21. The molecular weight excluding hydrogens is 163 g/mol. The average Bonchev–Trinajstić information content (AvgIpc) is 2.09. The minimum absolute atomic E-state index is 0.0293. The highest BCUT2D eigenvalue weighted by Crippen LogP contribution is 2.29. The largest absolute Gasteiger partial charge is 0.466 e. The number of carbonyl (C=O) groups is 2. The number of esters is 1. The molecule has 0 N–H and O–H groups in total. The van der Waals surface area contributed by atoms with Gasteiger partial charge in [-0.15, -0.1) is 0 Å². The zero-order valence-electron chi connectivity index (χ0n) is 6.93. The minimum atomic E-state index is -2.35. The molecule has 1 aliphatic carbocycles. The van der Waals surface area contributed by atoms with E-state index in [1.807, 2.05) is 0 Å². The first-order valence-electron chi connectivity index (χ1n) is 3.92. The Morgan fingerprint density at radius 2 is 2.25 bits per heavy atom. The van der Waals surface area contributed by atoms with Crippen LogP contribution in [0.3, 0.4) is 0 Å². The Hall–Kier alpha value is -0.930. The first-order valence-corrected chi connectivity index (χ1v) is 3.92. The third-order valence-corrected chi connectivity index (χ3v) is 2.13. The van der Waals surface area contributed by atoms with E-state index >= 15 is 0 Å². The Kier molecular flexibility index (Phi) is 2.45. The van der Waals surface area contributed by atoms with Gasteiger partial charge in [-0.25, -0.2) is 9.18 Å². The van der Waals surface area contributed by atoms with Gasteiger partial charge in [0.05, 0.1) is 7.11 Å². The number of carbonyl (C=O) groups excluding carboxylic acids is 2. The normalized spacial score (nSPS) is 30.0. The fourth-order valence-corrected chi connectivity index (χ4v) is 1.37. The molecule has 1 rings (SSSR count). The molecule has 0 radical (unpaired) electrons. The van der Waals surface area contributed by atoms with E-state index in [4.69, 9.17) is 0 Å². The molecule has 0 heterocycles. The second-order valence-electron chi connectivity index (χ2n) is 2.92. The van der Waals surface area contributed by atoms with Gasteiger partial charge in [-0.3, -0.25) is 4.79 Å². The van der Waals surface area contributed by atoms with Crippen LogP contribution in [0.15, 0.2) is 0 Å². The summed E-state index contributed by atoms with van der Waals surface area (Å²) in [6.07, 6.45) is 1.35. The molecule has 1 aliphatic rings. The van der Waals surface area contributed by atoms with Gasteiger partial charge in [0.25, 0.3) is 5.67 Å². The van der Waals surface area contributed by atoms with E-state index in [1.54, 1.807) is 0 Å². The maximum Gasteiger partial charge on any atom is 0.351 e. The summed E-state index contributed by atoms with van der Waals surface area (Å²) in [6.45, 7) is 0. The van der Waals surface area contributed by atoms with E-state index in [0.717, 1.165) is 7.11 Å². The van der Waals surface area contributed by atoms with Crippen molar-refractivity contribution in [1.82, 2.24) is 0 Å². The van der Waals surface area contributed by atoms with Crippen LogP contribution in [0.4, 0.5) is 4.39 Å². The lowest BCUT2D eigenvalue weighted by molar-refractivity contribution is -0.162. The minimum Gasteiger partial charge on any atom is -0.466 e. The second-order valence-corrected chi connectivity index (χ2v) is 2.92. The molecule has 1 saturated carbocycles. The highest BCUT2D eigenvalue weighted by atomic mass is 19.1. The molecule has 68 valence electrons. The molecular formula is C8H11FO3. The van der Waals surface area contributed by atoms with Crippen molar-refractivity contribution in [1.29, 1.82) is 0 Å². The highest BCUT2D eigenvalue weighted by Gasteiger charge is 2.48. The summed E-state index contributed by atoms with van der Waals surface area (Å²) >= 11 is 0. The maximum absolute atomic E-state index is 13.5. The standard InChI is InChI=1S/C8H11FO3/c1-12-7(11)8(9)5-3-2-4-6(8)10/h2-5H2,1H3/t8-/m1/s1. The van der Waals surface area contributed by atoms with Crippen molar-refractivity contribution in [3.8, 4) is 0 Å². The Morgan fingerprint density at radius 1 is 1.58 bits per heavy atom. The summed E-state index contributed by atoms with van der Waals surface area (Å²) < 4.78 is 17.8. The predicted octanol–water partition coefficient (Wildman–Crippen LogP) is 1.01. The topological polar surface area (TPSA) is 43.4 Å². The number of Topliss-reactive ketones (excluding diaryl/α,β-unsaturated/α-hetero) is 1. The number of ether oxygens (including phenoxy) is 1. The third-order valence-electron chi connectivity index (χ3n) is 2.13. The highest BCUT2D eigenvalue weighted by molar-refractivity contribution is 6.07. The van der Waals surface area contributed by atoms with Crippen molar-refractivity contribution >= 4 is 11.8 Å². The first-order chi connectivity index (χ1) is 5.61. The van der Waals surface area contributed by atoms with Gasteiger partial charge in [0.2, 0.25) is 0 Å². The van der Waals surface area contributed by atoms with Crippen LogP contribution >= 0.6 is 0 Å². The Bertz CT molecular complexity index is 204. The molecule has 0 saturated heterocycles. The van der Waals surface area contributed by atoms with Gasteiger partial charge in [-0.1, -0.05) is 0 Å². The lowest BCUT2D eigenvalue weighted by atomic mass is 9.85. The van der Waals surface area contributed by atoms with Crippen molar-refractivity contribution in [2.24, 2.45) is 0 Å². The zero-order chi connectivity index (χ0) is 9.19. The zero-order valence-corrected chi connectivity index (χ0v) is 6.93. The molecule has 0 spiro atoms. The SMILES string of the molecule is COC(=O)[C@@]1(F)CCCCC1=O. The number of hydrogen-bond donors (Lipinski definition) is 0. The van der Waals surface area contributed by atoms with E-state index in [1.165, 1.54) is 0 Å². The summed E-state index contributed by atoms with van der Waals surface area (Å²) in [7, 11) is 1.09. The van der Waals surface area contributed by atoms with Gasteiger partial charge in [0.15, 0.2) is 5.78 Å². The van der Waals surface area contributed by atoms with Crippen LogP contribution in [0.25, 0.3) is 0 Å². The summed E-state index contributed by atoms with van der Waals surface area (Å²) in [4.78, 5) is 21.9. The maximum atomic E-state index is 13.5. The van der Waals surface area contributed by atoms with Crippen molar-refractivity contribution < 1.29 is 18.7 Å². The lowest BCUT2D eigenvalue weighted by Gasteiger charge is -2.24. The van der Waals surface area contributed by atoms with E-state index in [2.05, 4.69) is 4.74 Å². The van der Waals surface area contributed by atoms with E-state index in [9.17, 15) is 14.0 Å². The van der Waals surface area contributed by atoms with Gasteiger partial charge >= 0.3 is 5.97 Å². The molecule has 0 unspecified atom stereocenters. The van der Waals surface area contributed by atoms with Crippen LogP contribution in [0.1, 0.15) is 25.7 Å². The van der Waals surface area contributed by atoms with E-state index in [0.29, 0.717) is 12.8 Å². The number of hydrogen-bond acceptors (Lipinski definition) is 3. The average molecular weight is 174 g/mol. The van der Waals surface area contributed by atoms with Crippen LogP contribution < -0.4 is 0 Å². The number of ketones is 1. The molecule has 1 atom stereocenters. The molecule has 0 amide bonds. The lowest BCUT2D eigenvalue weighted by Crippen LogP contribution is -2.45. The number of alkyl halides is 1. The molecule has 0 aromatic heterocycles. The fraction of sp³-hybridized carbons (Fsp3) is 0.750. The quantitative estimate of drug-likeness (QED) is 0.440. The molecule has 12 heavy (non-hydrogen) atoms. The molecule has 0 aromatic rings. The van der Waals surface area contributed by atoms with Gasteiger partial charge in [-0.05, 0) is 19.3 Å². The van der Waals surface area contributed by atoms with Crippen LogP contribution in [0.2, 0.25) is 0 Å². The van der Waals surface area contributed by atoms with E-state index in [-0.39, 0.29) is 12.8 Å². The van der Waals surface area contributed by atoms with Crippen LogP contribution in [-0.2, 0) is 14.3 Å². The van der Waals surface area contributed by atoms with Crippen LogP contribution in [-0.4, -0.2) is 24.5 Å². The Labute approximate surface area is 69.9 Å². The smallest absolute Gasteiger partial charge is 0.351 e. The predicted molar refractivity (Wildman–Crippen MR) is 39.3 cm³/mol. The van der Waals surface area contributed by atoms with Gasteiger partial charge in [0, 0.05) is 6.42 Å². The summed E-state index contributed by atoms with van der Waals surface area (Å²) in [5, 5.41) is 0. The molecule has 0 aromatic carbocycles. The van der Waals surface area contributed by atoms with Gasteiger partial charge in [-0.2, -0.15) is 0 Å².